The second-order valence-corrected chi connectivity index (χ2v) is 7.51. The summed E-state index contributed by atoms with van der Waals surface area (Å²) in [5.74, 6) is 1.18. The lowest BCUT2D eigenvalue weighted by Gasteiger charge is -2.12. The van der Waals surface area contributed by atoms with Gasteiger partial charge in [0.2, 0.25) is 0 Å². The zero-order valence-electron chi connectivity index (χ0n) is 20.4. The molecule has 1 fully saturated rings. The first kappa shape index (κ1) is 28.9. The van der Waals surface area contributed by atoms with E-state index in [1.165, 1.54) is 55.2 Å². The van der Waals surface area contributed by atoms with E-state index in [1.54, 1.807) is 0 Å². The summed E-state index contributed by atoms with van der Waals surface area (Å²) < 4.78 is 0. The second-order valence-electron chi connectivity index (χ2n) is 7.51. The highest BCUT2D eigenvalue weighted by atomic mass is 14.3. The fourth-order valence-electron chi connectivity index (χ4n) is 3.50. The lowest BCUT2D eigenvalue weighted by atomic mass is 9.92. The van der Waals surface area contributed by atoms with Crippen LogP contribution in [0.1, 0.15) is 113 Å². The molecule has 0 unspecified atom stereocenters. The summed E-state index contributed by atoms with van der Waals surface area (Å²) >= 11 is 0. The Kier molecular flexibility index (Phi) is 21.2. The summed E-state index contributed by atoms with van der Waals surface area (Å²) in [5, 5.41) is 0. The van der Waals surface area contributed by atoms with Crippen molar-refractivity contribution >= 4 is 0 Å². The summed E-state index contributed by atoms with van der Waals surface area (Å²) in [7, 11) is 0. The van der Waals surface area contributed by atoms with Gasteiger partial charge in [0, 0.05) is 5.92 Å². The molecule has 0 aromatic heterocycles. The Morgan fingerprint density at radius 3 is 2.29 bits per heavy atom. The first-order valence-electron chi connectivity index (χ1n) is 12.0. The molecule has 1 aliphatic rings. The minimum Gasteiger partial charge on any atom is -0.125 e. The number of rotatable bonds is 11. The number of hydrogen-bond donors (Lipinski definition) is 0. The van der Waals surface area contributed by atoms with Gasteiger partial charge >= 0.3 is 0 Å². The van der Waals surface area contributed by atoms with E-state index in [-0.39, 0.29) is 0 Å². The van der Waals surface area contributed by atoms with Gasteiger partial charge in [-0.1, -0.05) is 90.7 Å². The Labute approximate surface area is 178 Å². The van der Waals surface area contributed by atoms with E-state index in [0.717, 1.165) is 25.7 Å². The molecule has 1 aliphatic carbocycles. The first-order chi connectivity index (χ1) is 13.6. The number of hydrogen-bond acceptors (Lipinski definition) is 0. The molecule has 0 saturated heterocycles. The van der Waals surface area contributed by atoms with Crippen molar-refractivity contribution in [1.82, 2.24) is 0 Å². The third-order valence-corrected chi connectivity index (χ3v) is 4.96. The van der Waals surface area contributed by atoms with Gasteiger partial charge in [0.25, 0.3) is 0 Å². The maximum atomic E-state index is 4.33. The van der Waals surface area contributed by atoms with Crippen LogP contribution in [-0.4, -0.2) is 0 Å². The van der Waals surface area contributed by atoms with E-state index in [4.69, 9.17) is 0 Å². The van der Waals surface area contributed by atoms with Gasteiger partial charge in [-0.2, -0.15) is 0 Å². The molecule has 28 heavy (non-hydrogen) atoms. The van der Waals surface area contributed by atoms with E-state index in [9.17, 15) is 0 Å². The quantitative estimate of drug-likeness (QED) is 0.188. The highest BCUT2D eigenvalue weighted by Crippen LogP contribution is 2.41. The van der Waals surface area contributed by atoms with E-state index in [2.05, 4.69) is 57.9 Å². The van der Waals surface area contributed by atoms with E-state index < -0.39 is 0 Å². The van der Waals surface area contributed by atoms with Gasteiger partial charge in [0.1, 0.15) is 0 Å². The first-order valence-corrected chi connectivity index (χ1v) is 12.0. The fourth-order valence-corrected chi connectivity index (χ4v) is 3.50. The molecule has 1 rings (SSSR count). The molecule has 0 amide bonds. The van der Waals surface area contributed by atoms with E-state index in [1.807, 2.05) is 27.7 Å². The van der Waals surface area contributed by atoms with Gasteiger partial charge in [0.05, 0.1) is 0 Å². The molecule has 0 heteroatoms. The molecule has 1 saturated carbocycles. The van der Waals surface area contributed by atoms with Gasteiger partial charge in [-0.05, 0) is 69.4 Å². The lowest BCUT2D eigenvalue weighted by molar-refractivity contribution is 0.653. The van der Waals surface area contributed by atoms with Crippen LogP contribution in [0.25, 0.3) is 0 Å². The third kappa shape index (κ3) is 13.8. The Balaban J connectivity index is 0. The van der Waals surface area contributed by atoms with Crippen LogP contribution < -0.4 is 0 Å². The summed E-state index contributed by atoms with van der Waals surface area (Å²) in [6.45, 7) is 23.0. The van der Waals surface area contributed by atoms with Crippen LogP contribution >= 0.6 is 0 Å². The average Bonchev–Trinajstić information content (AvgIpc) is 2.96. The van der Waals surface area contributed by atoms with Gasteiger partial charge in [-0.15, -0.1) is 12.3 Å². The van der Waals surface area contributed by atoms with E-state index >= 15 is 0 Å². The van der Waals surface area contributed by atoms with Crippen molar-refractivity contribution in [3.05, 3.63) is 53.8 Å². The molecule has 0 aliphatic heterocycles. The Morgan fingerprint density at radius 2 is 1.68 bits per heavy atom. The molecule has 0 aromatic carbocycles. The van der Waals surface area contributed by atoms with Crippen molar-refractivity contribution in [2.75, 3.05) is 0 Å². The summed E-state index contributed by atoms with van der Waals surface area (Å²) in [4.78, 5) is 0. The van der Waals surface area contributed by atoms with Crippen molar-refractivity contribution in [1.29, 1.82) is 0 Å². The van der Waals surface area contributed by atoms with Crippen LogP contribution in [0.15, 0.2) is 53.8 Å². The highest BCUT2D eigenvalue weighted by molar-refractivity contribution is 5.29. The Morgan fingerprint density at radius 1 is 1.04 bits per heavy atom. The molecule has 0 spiro atoms. The van der Waals surface area contributed by atoms with Crippen molar-refractivity contribution in [2.24, 2.45) is 11.8 Å². The zero-order chi connectivity index (χ0) is 21.8. The highest BCUT2D eigenvalue weighted by Gasteiger charge is 2.29. The molecular weight excluding hydrogens is 336 g/mol. The zero-order valence-corrected chi connectivity index (χ0v) is 20.4. The fraction of sp³-hybridized carbons (Fsp3) is 0.679. The molecule has 2 atom stereocenters. The maximum absolute atomic E-state index is 4.33. The Hall–Kier alpha value is -1.26. The molecule has 0 bridgehead atoms. The van der Waals surface area contributed by atoms with Crippen LogP contribution in [0.4, 0.5) is 0 Å². The largest absolute Gasteiger partial charge is 0.125 e. The maximum Gasteiger partial charge on any atom is 0.00861 e. The molecule has 0 N–H and O–H groups in total. The molecular formula is C28H50. The van der Waals surface area contributed by atoms with Gasteiger partial charge in [0.15, 0.2) is 0 Å². The topological polar surface area (TPSA) is 0 Å². The van der Waals surface area contributed by atoms with E-state index in [0.29, 0.717) is 11.8 Å². The van der Waals surface area contributed by atoms with Crippen molar-refractivity contribution in [2.45, 2.75) is 113 Å². The third-order valence-electron chi connectivity index (χ3n) is 4.96. The number of unbranched alkanes of at least 4 members (excludes halogenated alkanes) is 4. The normalized spacial score (nSPS) is 18.1. The van der Waals surface area contributed by atoms with Crippen LogP contribution in [0.3, 0.4) is 0 Å². The van der Waals surface area contributed by atoms with Crippen LogP contribution in [0, 0.1) is 11.8 Å². The number of allylic oxidation sites excluding steroid dienone is 5. The van der Waals surface area contributed by atoms with Gasteiger partial charge in [-0.3, -0.25) is 0 Å². The standard InChI is InChI=1S/C24H38.2C2H6/c1-6-7-8-9-10-14-17-23-21(4)19-22(5)24(23)18-15-12-11-13-16-20(2)3;2*1-2/h11-12,14,21,24H,2,5-10,13,15-16,18-19H2,1,3-4H3;2*1-2H3/b12-11-;;/t17?,21-,24+;;/m1../s1. The lowest BCUT2D eigenvalue weighted by Crippen LogP contribution is -2.00. The van der Waals surface area contributed by atoms with Gasteiger partial charge in [-0.25, -0.2) is 0 Å². The summed E-state index contributed by atoms with van der Waals surface area (Å²) in [6.07, 6.45) is 19.2. The average molecular weight is 387 g/mol. The molecule has 0 aromatic rings. The Bertz CT molecular complexity index is 482. The van der Waals surface area contributed by atoms with Crippen molar-refractivity contribution in [3.63, 3.8) is 0 Å². The minimum atomic E-state index is 0.553. The molecule has 162 valence electrons. The summed E-state index contributed by atoms with van der Waals surface area (Å²) in [6, 6.07) is 0. The van der Waals surface area contributed by atoms with Crippen molar-refractivity contribution < 1.29 is 0 Å². The molecule has 0 nitrogen and oxygen atoms in total. The smallest absolute Gasteiger partial charge is 0.00861 e. The monoisotopic (exact) mass is 386 g/mol. The van der Waals surface area contributed by atoms with Crippen LogP contribution in [0.5, 0.6) is 0 Å². The SMILES string of the molecule is C=C(C)CC/C=C\CC[C@H]1C(=C)C[C@@H](C)C1=C=CCCCCCC.CC.CC. The van der Waals surface area contributed by atoms with Crippen LogP contribution in [0.2, 0.25) is 0 Å². The minimum absolute atomic E-state index is 0.553. The second kappa shape index (κ2) is 20.5. The van der Waals surface area contributed by atoms with Gasteiger partial charge < -0.3 is 0 Å². The summed E-state index contributed by atoms with van der Waals surface area (Å²) in [5.41, 5.74) is 7.84. The predicted octanol–water partition coefficient (Wildman–Crippen LogP) is 10.00. The van der Waals surface area contributed by atoms with Crippen LogP contribution in [-0.2, 0) is 0 Å². The van der Waals surface area contributed by atoms with Crippen molar-refractivity contribution in [3.8, 4) is 0 Å². The molecule has 0 radical (unpaired) electrons. The predicted molar refractivity (Wildman–Crippen MR) is 132 cm³/mol. The molecule has 0 heterocycles.